The lowest BCUT2D eigenvalue weighted by atomic mass is 9.65. The maximum Gasteiger partial charge on any atom is 0.213 e. The summed E-state index contributed by atoms with van der Waals surface area (Å²) in [4.78, 5) is 4.23. The van der Waals surface area contributed by atoms with E-state index >= 15 is 0 Å². The fourth-order valence-corrected chi connectivity index (χ4v) is 2.01. The predicted octanol–water partition coefficient (Wildman–Crippen LogP) is 2.34. The fraction of sp³-hybridized carbons (Fsp3) is 0.500. The molecule has 3 nitrogen and oxygen atoms in total. The van der Waals surface area contributed by atoms with Gasteiger partial charge in [-0.3, -0.25) is 0 Å². The summed E-state index contributed by atoms with van der Waals surface area (Å²) >= 11 is 0. The summed E-state index contributed by atoms with van der Waals surface area (Å²) < 4.78 is 5.12. The zero-order valence-electron chi connectivity index (χ0n) is 9.08. The summed E-state index contributed by atoms with van der Waals surface area (Å²) in [5, 5.41) is 9.23. The van der Waals surface area contributed by atoms with E-state index in [1.165, 1.54) is 0 Å². The largest absolute Gasteiger partial charge is 0.481 e. The second-order valence-corrected chi connectivity index (χ2v) is 4.09. The van der Waals surface area contributed by atoms with E-state index in [9.17, 15) is 5.26 Å². The summed E-state index contributed by atoms with van der Waals surface area (Å²) in [7, 11) is 1.60. The van der Waals surface area contributed by atoms with Crippen molar-refractivity contribution in [3.63, 3.8) is 0 Å². The zero-order chi connectivity index (χ0) is 10.9. The van der Waals surface area contributed by atoms with E-state index in [0.29, 0.717) is 5.88 Å². The van der Waals surface area contributed by atoms with Crippen LogP contribution in [-0.4, -0.2) is 12.1 Å². The minimum atomic E-state index is -0.277. The fourth-order valence-electron chi connectivity index (χ4n) is 2.01. The number of pyridine rings is 1. The molecule has 0 radical (unpaired) electrons. The van der Waals surface area contributed by atoms with Crippen molar-refractivity contribution in [1.82, 2.24) is 4.98 Å². The highest BCUT2D eigenvalue weighted by Crippen LogP contribution is 2.43. The third kappa shape index (κ3) is 1.56. The van der Waals surface area contributed by atoms with Crippen LogP contribution in [0.3, 0.4) is 0 Å². The highest BCUT2D eigenvalue weighted by atomic mass is 16.5. The molecule has 15 heavy (non-hydrogen) atoms. The van der Waals surface area contributed by atoms with E-state index in [0.717, 1.165) is 30.5 Å². The zero-order valence-corrected chi connectivity index (χ0v) is 9.08. The van der Waals surface area contributed by atoms with Gasteiger partial charge in [0.15, 0.2) is 0 Å². The molecule has 1 fully saturated rings. The Bertz CT molecular complexity index is 416. The van der Waals surface area contributed by atoms with Crippen molar-refractivity contribution in [2.75, 3.05) is 7.11 Å². The van der Waals surface area contributed by atoms with Crippen LogP contribution in [0.25, 0.3) is 0 Å². The molecule has 0 spiro atoms. The molecule has 0 unspecified atom stereocenters. The van der Waals surface area contributed by atoms with E-state index in [4.69, 9.17) is 4.74 Å². The Labute approximate surface area is 89.7 Å². The number of nitriles is 1. The number of ether oxygens (including phenoxy) is 1. The van der Waals surface area contributed by atoms with Crippen LogP contribution in [0.2, 0.25) is 0 Å². The van der Waals surface area contributed by atoms with Gasteiger partial charge in [-0.2, -0.15) is 5.26 Å². The van der Waals surface area contributed by atoms with Crippen molar-refractivity contribution < 1.29 is 4.74 Å². The van der Waals surface area contributed by atoms with Crippen LogP contribution in [0.1, 0.15) is 30.5 Å². The molecular formula is C12H14N2O. The maximum atomic E-state index is 9.23. The van der Waals surface area contributed by atoms with Gasteiger partial charge in [-0.05, 0) is 37.8 Å². The van der Waals surface area contributed by atoms with Crippen molar-refractivity contribution in [1.29, 1.82) is 5.26 Å². The Morgan fingerprint density at radius 1 is 1.47 bits per heavy atom. The first-order valence-electron chi connectivity index (χ1n) is 5.15. The van der Waals surface area contributed by atoms with Crippen molar-refractivity contribution in [2.45, 2.75) is 31.6 Å². The van der Waals surface area contributed by atoms with Gasteiger partial charge in [0.05, 0.1) is 18.6 Å². The van der Waals surface area contributed by atoms with Gasteiger partial charge in [-0.15, -0.1) is 0 Å². The number of hydrogen-bond donors (Lipinski definition) is 0. The highest BCUT2D eigenvalue weighted by Gasteiger charge is 2.39. The second kappa shape index (κ2) is 3.54. The summed E-state index contributed by atoms with van der Waals surface area (Å²) in [6.07, 6.45) is 3.05. The third-order valence-corrected chi connectivity index (χ3v) is 3.11. The molecular weight excluding hydrogens is 188 g/mol. The lowest BCUT2D eigenvalue weighted by Gasteiger charge is -2.35. The van der Waals surface area contributed by atoms with Gasteiger partial charge < -0.3 is 4.74 Å². The van der Waals surface area contributed by atoms with Crippen LogP contribution in [0.15, 0.2) is 12.1 Å². The summed E-state index contributed by atoms with van der Waals surface area (Å²) in [5.41, 5.74) is 1.69. The molecule has 3 heteroatoms. The van der Waals surface area contributed by atoms with Gasteiger partial charge in [-0.1, -0.05) is 0 Å². The van der Waals surface area contributed by atoms with E-state index in [2.05, 4.69) is 11.1 Å². The molecule has 78 valence electrons. The molecule has 1 aliphatic rings. The normalized spacial score (nSPS) is 17.7. The molecule has 0 amide bonds. The first kappa shape index (κ1) is 9.97. The average Bonchev–Trinajstić information content (AvgIpc) is 2.16. The molecule has 1 aromatic heterocycles. The van der Waals surface area contributed by atoms with Gasteiger partial charge in [0, 0.05) is 11.8 Å². The van der Waals surface area contributed by atoms with Crippen LogP contribution in [0.5, 0.6) is 5.88 Å². The van der Waals surface area contributed by atoms with Crippen LogP contribution < -0.4 is 4.74 Å². The molecule has 0 aliphatic heterocycles. The smallest absolute Gasteiger partial charge is 0.213 e. The van der Waals surface area contributed by atoms with E-state index in [-0.39, 0.29) is 5.41 Å². The number of methoxy groups -OCH3 is 1. The lowest BCUT2D eigenvalue weighted by Crippen LogP contribution is -2.32. The SMILES string of the molecule is COc1cc(C2(C#N)CCC2)cc(C)n1. The summed E-state index contributed by atoms with van der Waals surface area (Å²) in [5.74, 6) is 0.603. The minimum Gasteiger partial charge on any atom is -0.481 e. The number of aryl methyl sites for hydroxylation is 1. The quantitative estimate of drug-likeness (QED) is 0.739. The van der Waals surface area contributed by atoms with Crippen molar-refractivity contribution in [3.8, 4) is 11.9 Å². The number of rotatable bonds is 2. The predicted molar refractivity (Wildman–Crippen MR) is 56.7 cm³/mol. The van der Waals surface area contributed by atoms with Crippen LogP contribution >= 0.6 is 0 Å². The number of aromatic nitrogens is 1. The van der Waals surface area contributed by atoms with E-state index in [1.807, 2.05) is 19.1 Å². The molecule has 0 saturated heterocycles. The Morgan fingerprint density at radius 2 is 2.20 bits per heavy atom. The monoisotopic (exact) mass is 202 g/mol. The maximum absolute atomic E-state index is 9.23. The Kier molecular flexibility index (Phi) is 2.36. The van der Waals surface area contributed by atoms with Crippen LogP contribution in [0, 0.1) is 18.3 Å². The first-order valence-corrected chi connectivity index (χ1v) is 5.15. The molecule has 0 atom stereocenters. The third-order valence-electron chi connectivity index (χ3n) is 3.11. The molecule has 2 rings (SSSR count). The van der Waals surface area contributed by atoms with Crippen molar-refractivity contribution in [3.05, 3.63) is 23.4 Å². The Hall–Kier alpha value is -1.56. The average molecular weight is 202 g/mol. The molecule has 1 aromatic rings. The second-order valence-electron chi connectivity index (χ2n) is 4.09. The highest BCUT2D eigenvalue weighted by molar-refractivity contribution is 5.38. The number of hydrogen-bond acceptors (Lipinski definition) is 3. The molecule has 0 aromatic carbocycles. The number of nitrogens with zero attached hydrogens (tertiary/aromatic N) is 2. The molecule has 1 heterocycles. The van der Waals surface area contributed by atoms with Crippen LogP contribution in [0.4, 0.5) is 0 Å². The van der Waals surface area contributed by atoms with E-state index in [1.54, 1.807) is 7.11 Å². The Morgan fingerprint density at radius 3 is 2.67 bits per heavy atom. The van der Waals surface area contributed by atoms with Gasteiger partial charge in [0.2, 0.25) is 5.88 Å². The lowest BCUT2D eigenvalue weighted by molar-refractivity contribution is 0.320. The molecule has 1 aliphatic carbocycles. The summed E-state index contributed by atoms with van der Waals surface area (Å²) in [6.45, 7) is 1.93. The van der Waals surface area contributed by atoms with Crippen molar-refractivity contribution in [2.24, 2.45) is 0 Å². The standard InChI is InChI=1S/C12H14N2O/c1-9-6-10(7-11(14-9)15-2)12(8-13)4-3-5-12/h6-7H,3-5H2,1-2H3. The first-order chi connectivity index (χ1) is 7.20. The molecule has 1 saturated carbocycles. The van der Waals surface area contributed by atoms with Gasteiger partial charge in [-0.25, -0.2) is 4.98 Å². The van der Waals surface area contributed by atoms with Crippen molar-refractivity contribution >= 4 is 0 Å². The summed E-state index contributed by atoms with van der Waals surface area (Å²) in [6, 6.07) is 6.30. The molecule has 0 N–H and O–H groups in total. The van der Waals surface area contributed by atoms with Crippen LogP contribution in [-0.2, 0) is 5.41 Å². The topological polar surface area (TPSA) is 45.9 Å². The molecule has 0 bridgehead atoms. The Balaban J connectivity index is 2.44. The minimum absolute atomic E-state index is 0.277. The van der Waals surface area contributed by atoms with Gasteiger partial charge in [0.25, 0.3) is 0 Å². The van der Waals surface area contributed by atoms with Gasteiger partial charge in [0.1, 0.15) is 0 Å². The van der Waals surface area contributed by atoms with Gasteiger partial charge >= 0.3 is 0 Å². The van der Waals surface area contributed by atoms with E-state index < -0.39 is 0 Å².